The maximum absolute atomic E-state index is 12.8. The Morgan fingerprint density at radius 1 is 1.28 bits per heavy atom. The number of carboxylic acid groups (broad SMARTS) is 1. The zero-order valence-corrected chi connectivity index (χ0v) is 17.5. The van der Waals surface area contributed by atoms with Crippen LogP contribution in [0.5, 0.6) is 0 Å². The van der Waals surface area contributed by atoms with E-state index in [9.17, 15) is 18.0 Å². The number of aliphatic carboxylic acids is 1. The smallest absolute Gasteiger partial charge is 0.475 e. The third-order valence-corrected chi connectivity index (χ3v) is 5.15. The molecule has 0 bridgehead atoms. The Balaban J connectivity index is 0.000000360. The van der Waals surface area contributed by atoms with Gasteiger partial charge in [0.15, 0.2) is 0 Å². The van der Waals surface area contributed by atoms with Crippen molar-refractivity contribution in [3.8, 4) is 0 Å². The van der Waals surface area contributed by atoms with Crippen molar-refractivity contribution in [2.24, 2.45) is 5.92 Å². The highest BCUT2D eigenvalue weighted by Crippen LogP contribution is 2.32. The van der Waals surface area contributed by atoms with Gasteiger partial charge in [-0.05, 0) is 31.7 Å². The maximum atomic E-state index is 12.8. The summed E-state index contributed by atoms with van der Waals surface area (Å²) in [5.74, 6) is -1.94. The lowest BCUT2D eigenvalue weighted by Crippen LogP contribution is -2.40. The minimum absolute atomic E-state index is 0.0653. The Kier molecular flexibility index (Phi) is 7.44. The molecule has 2 aromatic heterocycles. The van der Waals surface area contributed by atoms with Gasteiger partial charge in [0.05, 0.1) is 18.5 Å². The second-order valence-corrected chi connectivity index (χ2v) is 7.63. The first-order valence-corrected chi connectivity index (χ1v) is 10.2. The molecule has 2 aromatic rings. The fraction of sp³-hybridized carbons (Fsp3) is 0.550. The Hall–Kier alpha value is -3.02. The van der Waals surface area contributed by atoms with Crippen LogP contribution in [-0.2, 0) is 22.6 Å². The lowest BCUT2D eigenvalue weighted by molar-refractivity contribution is -0.192. The average molecular weight is 455 g/mol. The molecule has 1 fully saturated rings. The Morgan fingerprint density at radius 3 is 2.56 bits per heavy atom. The quantitative estimate of drug-likeness (QED) is 0.713. The number of aryl methyl sites for hydroxylation is 1. The number of halogens is 3. The summed E-state index contributed by atoms with van der Waals surface area (Å²) in [6.07, 6.45) is 2.36. The molecule has 9 nitrogen and oxygen atoms in total. The molecule has 1 amide bonds. The van der Waals surface area contributed by atoms with Crippen LogP contribution in [0.4, 0.5) is 13.2 Å². The normalized spacial score (nSPS) is 17.9. The van der Waals surface area contributed by atoms with Crippen LogP contribution in [0.15, 0.2) is 24.8 Å². The van der Waals surface area contributed by atoms with Gasteiger partial charge >= 0.3 is 12.1 Å². The summed E-state index contributed by atoms with van der Waals surface area (Å²) in [6, 6.07) is 1.66. The molecule has 1 N–H and O–H groups in total. The van der Waals surface area contributed by atoms with E-state index in [0.29, 0.717) is 25.4 Å². The Bertz CT molecular complexity index is 931. The van der Waals surface area contributed by atoms with Crippen molar-refractivity contribution in [3.63, 3.8) is 0 Å². The number of aromatic nitrogens is 4. The van der Waals surface area contributed by atoms with E-state index in [4.69, 9.17) is 14.6 Å². The maximum Gasteiger partial charge on any atom is 0.490 e. The second kappa shape index (κ2) is 10.1. The van der Waals surface area contributed by atoms with E-state index in [1.807, 2.05) is 15.8 Å². The highest BCUT2D eigenvalue weighted by molar-refractivity contribution is 5.92. The molecule has 32 heavy (non-hydrogen) atoms. The summed E-state index contributed by atoms with van der Waals surface area (Å²) in [5, 5.41) is 11.6. The summed E-state index contributed by atoms with van der Waals surface area (Å²) in [7, 11) is 0. The van der Waals surface area contributed by atoms with Crippen LogP contribution in [0.3, 0.4) is 0 Å². The predicted molar refractivity (Wildman–Crippen MR) is 105 cm³/mol. The van der Waals surface area contributed by atoms with Gasteiger partial charge in [-0.15, -0.1) is 0 Å². The van der Waals surface area contributed by atoms with Gasteiger partial charge in [0.25, 0.3) is 5.91 Å². The topological polar surface area (TPSA) is 110 Å². The van der Waals surface area contributed by atoms with E-state index in [-0.39, 0.29) is 11.8 Å². The van der Waals surface area contributed by atoms with Gasteiger partial charge in [0, 0.05) is 43.9 Å². The van der Waals surface area contributed by atoms with Gasteiger partial charge in [0.2, 0.25) is 0 Å². The van der Waals surface area contributed by atoms with E-state index in [1.165, 1.54) is 24.9 Å². The van der Waals surface area contributed by atoms with Gasteiger partial charge < -0.3 is 14.7 Å². The molecule has 12 heteroatoms. The van der Waals surface area contributed by atoms with Gasteiger partial charge in [-0.1, -0.05) is 0 Å². The number of alkyl halides is 3. The first kappa shape index (κ1) is 23.6. The average Bonchev–Trinajstić information content (AvgIpc) is 3.50. The molecule has 2 aliphatic rings. The molecule has 0 aromatic carbocycles. The fourth-order valence-corrected chi connectivity index (χ4v) is 3.43. The van der Waals surface area contributed by atoms with Gasteiger partial charge in [-0.3, -0.25) is 9.48 Å². The van der Waals surface area contributed by atoms with Crippen molar-refractivity contribution in [2.45, 2.75) is 44.9 Å². The monoisotopic (exact) mass is 455 g/mol. The molecule has 1 aliphatic carbocycles. The number of hydrogen-bond donors (Lipinski definition) is 1. The van der Waals surface area contributed by atoms with Crippen molar-refractivity contribution >= 4 is 11.9 Å². The van der Waals surface area contributed by atoms with Crippen LogP contribution in [-0.4, -0.2) is 67.6 Å². The standard InChI is InChI=1S/C18H23N5O2.C2HF3O2/c1-2-23-17-14(7-21-23)8-22(18(24)16-5-6-19-12-20-16)9-15(17)11-25-10-13-3-4-13;3-2(4,5)1(6)7/h5-7,12-13,15H,2-4,8-11H2,1H3;(H,6,7). The number of hydrogen-bond acceptors (Lipinski definition) is 6. The van der Waals surface area contributed by atoms with E-state index >= 15 is 0 Å². The highest BCUT2D eigenvalue weighted by Gasteiger charge is 2.38. The molecule has 174 valence electrons. The predicted octanol–water partition coefficient (Wildman–Crippen LogP) is 2.49. The third kappa shape index (κ3) is 6.02. The van der Waals surface area contributed by atoms with E-state index in [1.54, 1.807) is 12.3 Å². The molecule has 1 unspecified atom stereocenters. The Labute approximate surface area is 182 Å². The molecular weight excluding hydrogens is 431 g/mol. The number of rotatable bonds is 6. The number of carbonyl (C=O) groups excluding carboxylic acids is 1. The minimum atomic E-state index is -5.08. The lowest BCUT2D eigenvalue weighted by Gasteiger charge is -2.33. The summed E-state index contributed by atoms with van der Waals surface area (Å²) in [5.41, 5.74) is 2.75. The molecule has 4 rings (SSSR count). The number of nitrogens with zero attached hydrogens (tertiary/aromatic N) is 5. The second-order valence-electron chi connectivity index (χ2n) is 7.63. The van der Waals surface area contributed by atoms with Gasteiger partial charge in [0.1, 0.15) is 12.0 Å². The third-order valence-electron chi connectivity index (χ3n) is 5.15. The van der Waals surface area contributed by atoms with Crippen molar-refractivity contribution < 1.29 is 32.6 Å². The van der Waals surface area contributed by atoms with Crippen molar-refractivity contribution in [2.75, 3.05) is 19.8 Å². The number of carboxylic acids is 1. The number of amides is 1. The summed E-state index contributed by atoms with van der Waals surface area (Å²) in [4.78, 5) is 31.5. The fourth-order valence-electron chi connectivity index (χ4n) is 3.43. The first-order chi connectivity index (χ1) is 15.2. The van der Waals surface area contributed by atoms with Crippen LogP contribution in [0.25, 0.3) is 0 Å². The van der Waals surface area contributed by atoms with Crippen LogP contribution in [0.1, 0.15) is 47.4 Å². The van der Waals surface area contributed by atoms with E-state index < -0.39 is 12.1 Å². The van der Waals surface area contributed by atoms with E-state index in [0.717, 1.165) is 24.6 Å². The number of ether oxygens (including phenoxy) is 1. The molecule has 3 heterocycles. The SMILES string of the molecule is CCn1ncc2c1C(COCC1CC1)CN(C(=O)c1ccncn1)C2.O=C(O)C(F)(F)F. The van der Waals surface area contributed by atoms with Crippen LogP contribution >= 0.6 is 0 Å². The number of carbonyl (C=O) groups is 2. The summed E-state index contributed by atoms with van der Waals surface area (Å²) >= 11 is 0. The Morgan fingerprint density at radius 2 is 2.00 bits per heavy atom. The first-order valence-electron chi connectivity index (χ1n) is 10.2. The molecule has 1 atom stereocenters. The van der Waals surface area contributed by atoms with Crippen LogP contribution < -0.4 is 0 Å². The minimum Gasteiger partial charge on any atom is -0.475 e. The molecule has 0 saturated heterocycles. The van der Waals surface area contributed by atoms with Crippen molar-refractivity contribution in [1.29, 1.82) is 0 Å². The van der Waals surface area contributed by atoms with Crippen LogP contribution in [0, 0.1) is 5.92 Å². The van der Waals surface area contributed by atoms with Crippen molar-refractivity contribution in [1.82, 2.24) is 24.6 Å². The molecule has 1 saturated carbocycles. The molecule has 0 radical (unpaired) electrons. The largest absolute Gasteiger partial charge is 0.490 e. The molecular formula is C20H24F3N5O4. The molecule has 1 aliphatic heterocycles. The van der Waals surface area contributed by atoms with Crippen molar-refractivity contribution in [3.05, 3.63) is 41.7 Å². The summed E-state index contributed by atoms with van der Waals surface area (Å²) < 4.78 is 39.7. The zero-order chi connectivity index (χ0) is 23.3. The summed E-state index contributed by atoms with van der Waals surface area (Å²) in [6.45, 7) is 5.57. The van der Waals surface area contributed by atoms with Crippen LogP contribution in [0.2, 0.25) is 0 Å². The van der Waals surface area contributed by atoms with E-state index in [2.05, 4.69) is 22.0 Å². The van der Waals surface area contributed by atoms with Gasteiger partial charge in [-0.2, -0.15) is 18.3 Å². The highest BCUT2D eigenvalue weighted by atomic mass is 19.4. The molecule has 0 spiro atoms. The van der Waals surface area contributed by atoms with Gasteiger partial charge in [-0.25, -0.2) is 14.8 Å². The number of fused-ring (bicyclic) bond motifs is 1. The lowest BCUT2D eigenvalue weighted by atomic mass is 9.96. The zero-order valence-electron chi connectivity index (χ0n) is 17.5.